The predicted octanol–water partition coefficient (Wildman–Crippen LogP) is 3.60. The standard InChI is InChI=1S/C17H25NO3/c1-13-10-15(20-12-14-8-6-5-7-9-14)11-18(13)16(19)21-17(2,3)4/h5-9,13,15H,10-12H2,1-4H3/t13-,15-/m1/s1. The molecular weight excluding hydrogens is 266 g/mol. The Morgan fingerprint density at radius 2 is 1.95 bits per heavy atom. The maximum Gasteiger partial charge on any atom is 0.410 e. The van der Waals surface area contributed by atoms with E-state index < -0.39 is 5.60 Å². The number of rotatable bonds is 3. The van der Waals surface area contributed by atoms with Gasteiger partial charge in [-0.15, -0.1) is 0 Å². The van der Waals surface area contributed by atoms with Gasteiger partial charge in [0.05, 0.1) is 19.3 Å². The topological polar surface area (TPSA) is 38.8 Å². The Bertz CT molecular complexity index is 467. The average molecular weight is 291 g/mol. The van der Waals surface area contributed by atoms with Crippen molar-refractivity contribution < 1.29 is 14.3 Å². The maximum absolute atomic E-state index is 12.1. The number of likely N-dealkylation sites (tertiary alicyclic amines) is 1. The van der Waals surface area contributed by atoms with Gasteiger partial charge in [-0.2, -0.15) is 0 Å². The van der Waals surface area contributed by atoms with Crippen molar-refractivity contribution in [2.45, 2.75) is 58.5 Å². The van der Waals surface area contributed by atoms with E-state index in [2.05, 4.69) is 0 Å². The molecule has 0 aromatic heterocycles. The fourth-order valence-electron chi connectivity index (χ4n) is 2.47. The van der Waals surface area contributed by atoms with Gasteiger partial charge in [-0.1, -0.05) is 30.3 Å². The van der Waals surface area contributed by atoms with E-state index in [0.717, 1.165) is 12.0 Å². The van der Waals surface area contributed by atoms with Crippen LogP contribution in [-0.4, -0.2) is 35.3 Å². The Labute approximate surface area is 127 Å². The van der Waals surface area contributed by atoms with Crippen LogP contribution in [-0.2, 0) is 16.1 Å². The maximum atomic E-state index is 12.1. The Kier molecular flexibility index (Phi) is 4.88. The minimum atomic E-state index is -0.459. The SMILES string of the molecule is C[C@@H]1C[C@@H](OCc2ccccc2)CN1C(=O)OC(C)(C)C. The molecule has 1 saturated heterocycles. The normalized spacial score (nSPS) is 22.4. The number of amides is 1. The van der Waals surface area contributed by atoms with Gasteiger partial charge in [0.2, 0.25) is 0 Å². The number of nitrogens with zero attached hydrogens (tertiary/aromatic N) is 1. The van der Waals surface area contributed by atoms with Crippen molar-refractivity contribution in [1.82, 2.24) is 4.90 Å². The van der Waals surface area contributed by atoms with Crippen molar-refractivity contribution in [1.29, 1.82) is 0 Å². The van der Waals surface area contributed by atoms with Crippen LogP contribution in [0.3, 0.4) is 0 Å². The van der Waals surface area contributed by atoms with E-state index in [1.54, 1.807) is 4.90 Å². The van der Waals surface area contributed by atoms with E-state index in [4.69, 9.17) is 9.47 Å². The van der Waals surface area contributed by atoms with Gasteiger partial charge in [-0.05, 0) is 39.7 Å². The fraction of sp³-hybridized carbons (Fsp3) is 0.588. The summed E-state index contributed by atoms with van der Waals surface area (Å²) in [7, 11) is 0. The molecule has 4 nitrogen and oxygen atoms in total. The summed E-state index contributed by atoms with van der Waals surface area (Å²) in [6, 6.07) is 10.2. The highest BCUT2D eigenvalue weighted by Gasteiger charge is 2.35. The van der Waals surface area contributed by atoms with Gasteiger partial charge in [0.25, 0.3) is 0 Å². The van der Waals surface area contributed by atoms with Gasteiger partial charge in [0, 0.05) is 6.04 Å². The Balaban J connectivity index is 1.85. The molecule has 0 bridgehead atoms. The zero-order valence-corrected chi connectivity index (χ0v) is 13.3. The lowest BCUT2D eigenvalue weighted by atomic mass is 10.2. The first kappa shape index (κ1) is 15.8. The Hall–Kier alpha value is -1.55. The molecule has 2 rings (SSSR count). The van der Waals surface area contributed by atoms with E-state index in [0.29, 0.717) is 13.2 Å². The Morgan fingerprint density at radius 3 is 2.57 bits per heavy atom. The van der Waals surface area contributed by atoms with Crippen LogP contribution in [0.1, 0.15) is 39.7 Å². The molecule has 0 N–H and O–H groups in total. The first-order chi connectivity index (χ1) is 9.85. The first-order valence-corrected chi connectivity index (χ1v) is 7.50. The van der Waals surface area contributed by atoms with Gasteiger partial charge in [-0.3, -0.25) is 0 Å². The third-order valence-corrected chi connectivity index (χ3v) is 3.49. The van der Waals surface area contributed by atoms with Gasteiger partial charge in [-0.25, -0.2) is 4.79 Å². The molecule has 1 aromatic carbocycles. The van der Waals surface area contributed by atoms with Crippen LogP contribution in [0.25, 0.3) is 0 Å². The number of carbonyl (C=O) groups is 1. The molecule has 21 heavy (non-hydrogen) atoms. The summed E-state index contributed by atoms with van der Waals surface area (Å²) < 4.78 is 11.4. The summed E-state index contributed by atoms with van der Waals surface area (Å²) >= 11 is 0. The predicted molar refractivity (Wildman–Crippen MR) is 82.0 cm³/mol. The van der Waals surface area contributed by atoms with Crippen molar-refractivity contribution in [2.24, 2.45) is 0 Å². The van der Waals surface area contributed by atoms with Crippen LogP contribution in [0.4, 0.5) is 4.79 Å². The van der Waals surface area contributed by atoms with Crippen LogP contribution < -0.4 is 0 Å². The highest BCUT2D eigenvalue weighted by atomic mass is 16.6. The van der Waals surface area contributed by atoms with Crippen LogP contribution in [0.15, 0.2) is 30.3 Å². The summed E-state index contributed by atoms with van der Waals surface area (Å²) in [5.41, 5.74) is 0.695. The average Bonchev–Trinajstić information content (AvgIpc) is 2.77. The third-order valence-electron chi connectivity index (χ3n) is 3.49. The number of hydrogen-bond donors (Lipinski definition) is 0. The van der Waals surface area contributed by atoms with Crippen LogP contribution >= 0.6 is 0 Å². The zero-order chi connectivity index (χ0) is 15.5. The number of ether oxygens (including phenoxy) is 2. The summed E-state index contributed by atoms with van der Waals surface area (Å²) in [6.07, 6.45) is 0.681. The molecule has 0 aliphatic carbocycles. The molecule has 0 unspecified atom stereocenters. The molecule has 1 amide bonds. The number of hydrogen-bond acceptors (Lipinski definition) is 3. The highest BCUT2D eigenvalue weighted by molar-refractivity contribution is 5.69. The van der Waals surface area contributed by atoms with E-state index in [9.17, 15) is 4.79 Å². The Morgan fingerprint density at radius 1 is 1.29 bits per heavy atom. The molecule has 1 aliphatic rings. The van der Waals surface area contributed by atoms with Crippen molar-refractivity contribution in [3.05, 3.63) is 35.9 Å². The van der Waals surface area contributed by atoms with Gasteiger partial charge in [0.15, 0.2) is 0 Å². The molecule has 2 atom stereocenters. The van der Waals surface area contributed by atoms with Crippen molar-refractivity contribution >= 4 is 6.09 Å². The lowest BCUT2D eigenvalue weighted by Crippen LogP contribution is -2.39. The van der Waals surface area contributed by atoms with E-state index >= 15 is 0 Å². The van der Waals surface area contributed by atoms with Gasteiger partial charge in [0.1, 0.15) is 5.60 Å². The largest absolute Gasteiger partial charge is 0.444 e. The van der Waals surface area contributed by atoms with Crippen LogP contribution in [0, 0.1) is 0 Å². The minimum Gasteiger partial charge on any atom is -0.444 e. The van der Waals surface area contributed by atoms with Crippen LogP contribution in [0.5, 0.6) is 0 Å². The molecule has 1 aromatic rings. The summed E-state index contributed by atoms with van der Waals surface area (Å²) in [5.74, 6) is 0. The quantitative estimate of drug-likeness (QED) is 0.854. The van der Waals surface area contributed by atoms with Crippen molar-refractivity contribution in [2.75, 3.05) is 6.54 Å². The number of carbonyl (C=O) groups excluding carboxylic acids is 1. The smallest absolute Gasteiger partial charge is 0.410 e. The lowest BCUT2D eigenvalue weighted by Gasteiger charge is -2.26. The van der Waals surface area contributed by atoms with E-state index in [-0.39, 0.29) is 18.2 Å². The van der Waals surface area contributed by atoms with E-state index in [1.807, 2.05) is 58.0 Å². The second kappa shape index (κ2) is 6.48. The second-order valence-corrected chi connectivity index (χ2v) is 6.64. The zero-order valence-electron chi connectivity index (χ0n) is 13.3. The highest BCUT2D eigenvalue weighted by Crippen LogP contribution is 2.23. The minimum absolute atomic E-state index is 0.0766. The molecule has 0 radical (unpaired) electrons. The fourth-order valence-corrected chi connectivity index (χ4v) is 2.47. The van der Waals surface area contributed by atoms with Crippen LogP contribution in [0.2, 0.25) is 0 Å². The van der Waals surface area contributed by atoms with E-state index in [1.165, 1.54) is 0 Å². The molecule has 0 spiro atoms. The monoisotopic (exact) mass is 291 g/mol. The number of benzene rings is 1. The van der Waals surface area contributed by atoms with Crippen molar-refractivity contribution in [3.8, 4) is 0 Å². The molecule has 4 heteroatoms. The molecule has 1 aliphatic heterocycles. The molecule has 1 fully saturated rings. The lowest BCUT2D eigenvalue weighted by molar-refractivity contribution is 0.0156. The second-order valence-electron chi connectivity index (χ2n) is 6.64. The molecular formula is C17H25NO3. The molecule has 0 saturated carbocycles. The summed E-state index contributed by atoms with van der Waals surface area (Å²) in [5, 5.41) is 0. The first-order valence-electron chi connectivity index (χ1n) is 7.50. The molecule has 1 heterocycles. The summed E-state index contributed by atoms with van der Waals surface area (Å²) in [6.45, 7) is 8.87. The third kappa shape index (κ3) is 4.74. The van der Waals surface area contributed by atoms with Gasteiger partial charge >= 0.3 is 6.09 Å². The molecule has 116 valence electrons. The summed E-state index contributed by atoms with van der Waals surface area (Å²) in [4.78, 5) is 13.9. The van der Waals surface area contributed by atoms with Crippen molar-refractivity contribution in [3.63, 3.8) is 0 Å². The van der Waals surface area contributed by atoms with Gasteiger partial charge < -0.3 is 14.4 Å².